The number of carbonyl (C=O) groups is 1. The van der Waals surface area contributed by atoms with E-state index >= 15 is 0 Å². The van der Waals surface area contributed by atoms with Crippen LogP contribution in [0.2, 0.25) is 0 Å². The van der Waals surface area contributed by atoms with Crippen LogP contribution in [-0.4, -0.2) is 40.4 Å². The summed E-state index contributed by atoms with van der Waals surface area (Å²) in [6.45, 7) is 6.48. The van der Waals surface area contributed by atoms with Crippen LogP contribution in [0.15, 0.2) is 23.4 Å². The van der Waals surface area contributed by atoms with Crippen molar-refractivity contribution in [2.75, 3.05) is 19.0 Å². The molecule has 1 fully saturated rings. The lowest BCUT2D eigenvalue weighted by molar-refractivity contribution is 0.0945. The molecule has 0 amide bonds. The monoisotopic (exact) mass is 372 g/mol. The number of fused-ring (bicyclic) bond motifs is 1. The summed E-state index contributed by atoms with van der Waals surface area (Å²) >= 11 is 1.52. The fourth-order valence-electron chi connectivity index (χ4n) is 3.51. The molecule has 0 radical (unpaired) electrons. The SMILES string of the molecule is Cc1nc(SCC(=O)c2ccc3c(c2)CCO3)n(C[C@@H]2CCCO2)c1C. The summed E-state index contributed by atoms with van der Waals surface area (Å²) in [6.07, 6.45) is 3.36. The molecule has 0 aliphatic carbocycles. The summed E-state index contributed by atoms with van der Waals surface area (Å²) in [5.74, 6) is 1.43. The van der Waals surface area contributed by atoms with Gasteiger partial charge in [-0.25, -0.2) is 4.98 Å². The van der Waals surface area contributed by atoms with Gasteiger partial charge in [0.05, 0.1) is 30.7 Å². The van der Waals surface area contributed by atoms with E-state index in [1.807, 2.05) is 25.1 Å². The Balaban J connectivity index is 1.45. The van der Waals surface area contributed by atoms with Crippen LogP contribution in [0, 0.1) is 13.8 Å². The predicted molar refractivity (Wildman–Crippen MR) is 101 cm³/mol. The number of ketones is 1. The second-order valence-electron chi connectivity index (χ2n) is 6.94. The molecular weight excluding hydrogens is 348 g/mol. The summed E-state index contributed by atoms with van der Waals surface area (Å²) < 4.78 is 13.5. The molecule has 2 aliphatic heterocycles. The first kappa shape index (κ1) is 17.6. The van der Waals surface area contributed by atoms with Gasteiger partial charge in [-0.2, -0.15) is 0 Å². The molecule has 26 heavy (non-hydrogen) atoms. The van der Waals surface area contributed by atoms with Gasteiger partial charge in [-0.1, -0.05) is 11.8 Å². The lowest BCUT2D eigenvalue weighted by Crippen LogP contribution is -2.17. The van der Waals surface area contributed by atoms with Crippen molar-refractivity contribution in [1.82, 2.24) is 9.55 Å². The number of benzene rings is 1. The molecule has 0 bridgehead atoms. The predicted octanol–water partition coefficient (Wildman–Crippen LogP) is 3.59. The second kappa shape index (κ2) is 7.45. The van der Waals surface area contributed by atoms with Gasteiger partial charge in [-0.05, 0) is 50.5 Å². The molecule has 1 aromatic carbocycles. The van der Waals surface area contributed by atoms with E-state index in [0.717, 1.165) is 65.8 Å². The van der Waals surface area contributed by atoms with Gasteiger partial charge in [0, 0.05) is 24.3 Å². The molecule has 2 aliphatic rings. The fourth-order valence-corrected chi connectivity index (χ4v) is 4.51. The summed E-state index contributed by atoms with van der Waals surface area (Å²) in [4.78, 5) is 17.3. The number of carbonyl (C=O) groups excluding carboxylic acids is 1. The molecule has 0 saturated carbocycles. The van der Waals surface area contributed by atoms with E-state index in [9.17, 15) is 4.79 Å². The number of hydrogen-bond donors (Lipinski definition) is 0. The van der Waals surface area contributed by atoms with Gasteiger partial charge in [-0.3, -0.25) is 4.79 Å². The number of nitrogens with zero attached hydrogens (tertiary/aromatic N) is 2. The molecule has 1 aromatic heterocycles. The third kappa shape index (κ3) is 3.53. The number of hydrogen-bond acceptors (Lipinski definition) is 5. The molecule has 138 valence electrons. The van der Waals surface area contributed by atoms with Crippen LogP contribution < -0.4 is 4.74 Å². The maximum atomic E-state index is 12.6. The zero-order valence-electron chi connectivity index (χ0n) is 15.3. The Labute approximate surface area is 158 Å². The molecule has 6 heteroatoms. The standard InChI is InChI=1S/C20H24N2O3S/c1-13-14(2)22(11-17-4-3-8-24-17)20(21-13)26-12-18(23)15-5-6-19-16(10-15)7-9-25-19/h5-6,10,17H,3-4,7-9,11-12H2,1-2H3/t17-/m0/s1. The molecule has 2 aromatic rings. The highest BCUT2D eigenvalue weighted by Gasteiger charge is 2.21. The Hall–Kier alpha value is -1.79. The average molecular weight is 372 g/mol. The van der Waals surface area contributed by atoms with E-state index in [0.29, 0.717) is 12.4 Å². The zero-order chi connectivity index (χ0) is 18.1. The van der Waals surface area contributed by atoms with Gasteiger partial charge in [0.1, 0.15) is 5.75 Å². The molecule has 0 N–H and O–H groups in total. The number of aromatic nitrogens is 2. The van der Waals surface area contributed by atoms with Gasteiger partial charge in [0.2, 0.25) is 0 Å². The van der Waals surface area contributed by atoms with Crippen LogP contribution in [0.1, 0.15) is 40.2 Å². The molecular formula is C20H24N2O3S. The largest absolute Gasteiger partial charge is 0.493 e. The summed E-state index contributed by atoms with van der Waals surface area (Å²) in [5, 5.41) is 0.911. The number of thioether (sulfide) groups is 1. The Morgan fingerprint density at radius 3 is 3.04 bits per heavy atom. The second-order valence-corrected chi connectivity index (χ2v) is 7.89. The molecule has 1 atom stereocenters. The number of aryl methyl sites for hydroxylation is 1. The highest BCUT2D eigenvalue weighted by Crippen LogP contribution is 2.28. The third-order valence-corrected chi connectivity index (χ3v) is 6.15. The molecule has 3 heterocycles. The smallest absolute Gasteiger partial charge is 0.173 e. The topological polar surface area (TPSA) is 53.3 Å². The quantitative estimate of drug-likeness (QED) is 0.573. The number of imidazole rings is 1. The number of rotatable bonds is 6. The first-order valence-corrected chi connectivity index (χ1v) is 10.2. The van der Waals surface area contributed by atoms with E-state index < -0.39 is 0 Å². The van der Waals surface area contributed by atoms with Crippen LogP contribution in [0.5, 0.6) is 5.75 Å². The molecule has 1 saturated heterocycles. The Kier molecular flexibility index (Phi) is 5.05. The van der Waals surface area contributed by atoms with E-state index in [1.165, 1.54) is 11.8 Å². The fraction of sp³-hybridized carbons (Fsp3) is 0.500. The maximum absolute atomic E-state index is 12.6. The molecule has 5 nitrogen and oxygen atoms in total. The van der Waals surface area contributed by atoms with Crippen LogP contribution >= 0.6 is 11.8 Å². The third-order valence-electron chi connectivity index (χ3n) is 5.18. The average Bonchev–Trinajstić information content (AvgIpc) is 3.37. The summed E-state index contributed by atoms with van der Waals surface area (Å²) in [6, 6.07) is 5.75. The van der Waals surface area contributed by atoms with E-state index in [4.69, 9.17) is 9.47 Å². The van der Waals surface area contributed by atoms with Crippen LogP contribution in [0.4, 0.5) is 0 Å². The van der Waals surface area contributed by atoms with E-state index in [-0.39, 0.29) is 11.9 Å². The van der Waals surface area contributed by atoms with Crippen molar-refractivity contribution in [3.8, 4) is 5.75 Å². The van der Waals surface area contributed by atoms with Crippen LogP contribution in [0.25, 0.3) is 0 Å². The van der Waals surface area contributed by atoms with Crippen molar-refractivity contribution in [1.29, 1.82) is 0 Å². The summed E-state index contributed by atoms with van der Waals surface area (Å²) in [7, 11) is 0. The van der Waals surface area contributed by atoms with Crippen molar-refractivity contribution in [3.63, 3.8) is 0 Å². The highest BCUT2D eigenvalue weighted by molar-refractivity contribution is 7.99. The molecule has 0 unspecified atom stereocenters. The molecule has 4 rings (SSSR count). The van der Waals surface area contributed by atoms with Crippen LogP contribution in [-0.2, 0) is 17.7 Å². The van der Waals surface area contributed by atoms with Gasteiger partial charge in [0.15, 0.2) is 10.9 Å². The van der Waals surface area contributed by atoms with Gasteiger partial charge in [0.25, 0.3) is 0 Å². The highest BCUT2D eigenvalue weighted by atomic mass is 32.2. The zero-order valence-corrected chi connectivity index (χ0v) is 16.1. The van der Waals surface area contributed by atoms with Crippen LogP contribution in [0.3, 0.4) is 0 Å². The normalized spacial score (nSPS) is 18.8. The Bertz CT molecular complexity index is 825. The minimum atomic E-state index is 0.131. The lowest BCUT2D eigenvalue weighted by Gasteiger charge is -2.14. The number of ether oxygens (including phenoxy) is 2. The first-order chi connectivity index (χ1) is 12.6. The minimum absolute atomic E-state index is 0.131. The van der Waals surface area contributed by atoms with Gasteiger partial charge >= 0.3 is 0 Å². The van der Waals surface area contributed by atoms with E-state index in [1.54, 1.807) is 0 Å². The number of Topliss-reactive ketones (excluding diaryl/α,β-unsaturated/α-hetero) is 1. The van der Waals surface area contributed by atoms with Crippen molar-refractivity contribution < 1.29 is 14.3 Å². The molecule has 0 spiro atoms. The van der Waals surface area contributed by atoms with Gasteiger partial charge in [-0.15, -0.1) is 0 Å². The van der Waals surface area contributed by atoms with Crippen molar-refractivity contribution >= 4 is 17.5 Å². The maximum Gasteiger partial charge on any atom is 0.173 e. The van der Waals surface area contributed by atoms with Crippen molar-refractivity contribution in [2.45, 2.75) is 50.9 Å². The van der Waals surface area contributed by atoms with Crippen molar-refractivity contribution in [2.24, 2.45) is 0 Å². The van der Waals surface area contributed by atoms with E-state index in [2.05, 4.69) is 16.5 Å². The van der Waals surface area contributed by atoms with Crippen molar-refractivity contribution in [3.05, 3.63) is 40.7 Å². The first-order valence-electron chi connectivity index (χ1n) is 9.19. The Morgan fingerprint density at radius 2 is 2.23 bits per heavy atom. The Morgan fingerprint density at radius 1 is 1.35 bits per heavy atom. The summed E-state index contributed by atoms with van der Waals surface area (Å²) in [5.41, 5.74) is 4.07. The minimum Gasteiger partial charge on any atom is -0.493 e. The lowest BCUT2D eigenvalue weighted by atomic mass is 10.1. The van der Waals surface area contributed by atoms with Gasteiger partial charge < -0.3 is 14.0 Å².